The summed E-state index contributed by atoms with van der Waals surface area (Å²) in [5, 5.41) is 3.96. The van der Waals surface area contributed by atoms with Crippen LogP contribution in [0.4, 0.5) is 0 Å². The van der Waals surface area contributed by atoms with Gasteiger partial charge in [-0.05, 0) is 6.26 Å². The number of aromatic nitrogens is 2. The van der Waals surface area contributed by atoms with E-state index >= 15 is 0 Å². The van der Waals surface area contributed by atoms with Crippen LogP contribution in [0.1, 0.15) is 17.8 Å². The van der Waals surface area contributed by atoms with Crippen molar-refractivity contribution in [3.8, 4) is 0 Å². The molecule has 1 atom stereocenters. The van der Waals surface area contributed by atoms with Gasteiger partial charge in [-0.1, -0.05) is 5.16 Å². The number of ether oxygens (including phenoxy) is 1. The molecule has 102 valence electrons. The molecule has 1 aliphatic heterocycles. The smallest absolute Gasteiger partial charge is 0.227 e. The average molecular weight is 272 g/mol. The number of morpholine rings is 1. The maximum absolute atomic E-state index is 6.10. The van der Waals surface area contributed by atoms with Gasteiger partial charge in [-0.2, -0.15) is 16.7 Å². The number of thioether (sulfide) groups is 1. The van der Waals surface area contributed by atoms with Crippen molar-refractivity contribution < 1.29 is 9.26 Å². The van der Waals surface area contributed by atoms with Crippen LogP contribution in [0.5, 0.6) is 0 Å². The first-order valence-electron chi connectivity index (χ1n) is 6.16. The van der Waals surface area contributed by atoms with Gasteiger partial charge in [0.2, 0.25) is 5.89 Å². The monoisotopic (exact) mass is 272 g/mol. The molecule has 2 N–H and O–H groups in total. The molecule has 1 unspecified atom stereocenters. The molecule has 2 heterocycles. The predicted molar refractivity (Wildman–Crippen MR) is 70.6 cm³/mol. The molecule has 0 amide bonds. The van der Waals surface area contributed by atoms with Crippen molar-refractivity contribution in [2.24, 2.45) is 5.73 Å². The van der Waals surface area contributed by atoms with Crippen LogP contribution in [0.15, 0.2) is 4.52 Å². The zero-order valence-corrected chi connectivity index (χ0v) is 11.5. The lowest BCUT2D eigenvalue weighted by Crippen LogP contribution is -2.40. The molecule has 1 aliphatic rings. The highest BCUT2D eigenvalue weighted by molar-refractivity contribution is 7.98. The molecule has 0 radical (unpaired) electrons. The van der Waals surface area contributed by atoms with E-state index in [1.165, 1.54) is 0 Å². The summed E-state index contributed by atoms with van der Waals surface area (Å²) >= 11 is 1.76. The number of aryl methyl sites for hydroxylation is 1. The van der Waals surface area contributed by atoms with Gasteiger partial charge in [-0.25, -0.2) is 0 Å². The third kappa shape index (κ3) is 3.94. The second kappa shape index (κ2) is 7.08. The normalized spacial score (nSPS) is 19.0. The minimum absolute atomic E-state index is 0.185. The molecule has 1 fully saturated rings. The summed E-state index contributed by atoms with van der Waals surface area (Å²) in [5.41, 5.74) is 6.10. The zero-order chi connectivity index (χ0) is 12.8. The molecular formula is C11H20N4O2S. The van der Waals surface area contributed by atoms with Gasteiger partial charge in [0.05, 0.1) is 19.3 Å². The van der Waals surface area contributed by atoms with Crippen LogP contribution in [0.25, 0.3) is 0 Å². The molecule has 0 bridgehead atoms. The molecule has 0 saturated carbocycles. The molecule has 6 nitrogen and oxygen atoms in total. The standard InChI is InChI=1S/C11H20N4O2S/c1-18-7-2-10-13-11(14-17-10)9(12)8-15-3-5-16-6-4-15/h9H,2-8,12H2,1H3. The Hall–Kier alpha value is -0.630. The van der Waals surface area contributed by atoms with Crippen LogP contribution in [-0.2, 0) is 11.2 Å². The Balaban J connectivity index is 1.83. The Kier molecular flexibility index (Phi) is 5.43. The summed E-state index contributed by atoms with van der Waals surface area (Å²) in [6.07, 6.45) is 2.86. The van der Waals surface area contributed by atoms with E-state index in [1.807, 2.05) is 0 Å². The summed E-state index contributed by atoms with van der Waals surface area (Å²) in [6, 6.07) is -0.185. The van der Waals surface area contributed by atoms with Gasteiger partial charge in [-0.3, -0.25) is 4.90 Å². The largest absolute Gasteiger partial charge is 0.379 e. The van der Waals surface area contributed by atoms with E-state index in [2.05, 4.69) is 21.3 Å². The van der Waals surface area contributed by atoms with Crippen molar-refractivity contribution >= 4 is 11.8 Å². The number of nitrogens with two attached hydrogens (primary N) is 1. The Morgan fingerprint density at radius 2 is 2.22 bits per heavy atom. The Morgan fingerprint density at radius 3 is 2.94 bits per heavy atom. The van der Waals surface area contributed by atoms with E-state index in [4.69, 9.17) is 15.0 Å². The van der Waals surface area contributed by atoms with E-state index in [-0.39, 0.29) is 6.04 Å². The first-order valence-corrected chi connectivity index (χ1v) is 7.56. The number of nitrogens with zero attached hydrogens (tertiary/aromatic N) is 3. The number of hydrogen-bond acceptors (Lipinski definition) is 7. The molecule has 0 spiro atoms. The molecule has 7 heteroatoms. The zero-order valence-electron chi connectivity index (χ0n) is 10.7. The lowest BCUT2D eigenvalue weighted by atomic mass is 10.2. The molecule has 2 rings (SSSR count). The summed E-state index contributed by atoms with van der Waals surface area (Å²) in [6.45, 7) is 4.15. The van der Waals surface area contributed by atoms with E-state index in [0.29, 0.717) is 11.7 Å². The highest BCUT2D eigenvalue weighted by atomic mass is 32.2. The third-order valence-electron chi connectivity index (χ3n) is 2.89. The fourth-order valence-electron chi connectivity index (χ4n) is 1.85. The highest BCUT2D eigenvalue weighted by Gasteiger charge is 2.19. The molecule has 1 aromatic heterocycles. The van der Waals surface area contributed by atoms with Crippen molar-refractivity contribution in [3.05, 3.63) is 11.7 Å². The summed E-state index contributed by atoms with van der Waals surface area (Å²) in [7, 11) is 0. The van der Waals surface area contributed by atoms with Crippen LogP contribution < -0.4 is 5.73 Å². The Labute approximate surface area is 111 Å². The molecule has 0 aromatic carbocycles. The lowest BCUT2D eigenvalue weighted by molar-refractivity contribution is 0.0348. The summed E-state index contributed by atoms with van der Waals surface area (Å²) in [4.78, 5) is 6.61. The van der Waals surface area contributed by atoms with E-state index < -0.39 is 0 Å². The van der Waals surface area contributed by atoms with Crippen LogP contribution in [0.2, 0.25) is 0 Å². The van der Waals surface area contributed by atoms with Gasteiger partial charge < -0.3 is 15.0 Å². The minimum Gasteiger partial charge on any atom is -0.379 e. The van der Waals surface area contributed by atoms with Crippen LogP contribution >= 0.6 is 11.8 Å². The van der Waals surface area contributed by atoms with Crippen molar-refractivity contribution in [1.29, 1.82) is 0 Å². The Morgan fingerprint density at radius 1 is 1.44 bits per heavy atom. The molecule has 1 aromatic rings. The van der Waals surface area contributed by atoms with Crippen molar-refractivity contribution in [2.45, 2.75) is 12.5 Å². The van der Waals surface area contributed by atoms with Gasteiger partial charge in [-0.15, -0.1) is 0 Å². The van der Waals surface area contributed by atoms with Crippen LogP contribution in [0, 0.1) is 0 Å². The van der Waals surface area contributed by atoms with Gasteiger partial charge in [0.25, 0.3) is 0 Å². The topological polar surface area (TPSA) is 77.4 Å². The fraction of sp³-hybridized carbons (Fsp3) is 0.818. The number of hydrogen-bond donors (Lipinski definition) is 1. The van der Waals surface area contributed by atoms with Gasteiger partial charge in [0.15, 0.2) is 5.82 Å². The van der Waals surface area contributed by atoms with Gasteiger partial charge in [0.1, 0.15) is 0 Å². The average Bonchev–Trinajstić information content (AvgIpc) is 2.86. The second-order valence-electron chi connectivity index (χ2n) is 4.31. The molecule has 0 aliphatic carbocycles. The fourth-order valence-corrected chi connectivity index (χ4v) is 2.23. The van der Waals surface area contributed by atoms with Crippen molar-refractivity contribution in [1.82, 2.24) is 15.0 Å². The van der Waals surface area contributed by atoms with E-state index in [9.17, 15) is 0 Å². The van der Waals surface area contributed by atoms with Crippen molar-refractivity contribution in [2.75, 3.05) is 44.9 Å². The third-order valence-corrected chi connectivity index (χ3v) is 3.51. The quantitative estimate of drug-likeness (QED) is 0.798. The molecule has 1 saturated heterocycles. The SMILES string of the molecule is CSCCc1nc(C(N)CN2CCOCC2)no1. The van der Waals surface area contributed by atoms with Gasteiger partial charge >= 0.3 is 0 Å². The number of rotatable bonds is 6. The minimum atomic E-state index is -0.185. The summed E-state index contributed by atoms with van der Waals surface area (Å²) in [5.74, 6) is 2.27. The summed E-state index contributed by atoms with van der Waals surface area (Å²) < 4.78 is 10.5. The van der Waals surface area contributed by atoms with Gasteiger partial charge in [0, 0.05) is 31.8 Å². The lowest BCUT2D eigenvalue weighted by Gasteiger charge is -2.27. The Bertz CT molecular complexity index is 355. The molecular weight excluding hydrogens is 252 g/mol. The maximum Gasteiger partial charge on any atom is 0.227 e. The van der Waals surface area contributed by atoms with Crippen molar-refractivity contribution in [3.63, 3.8) is 0 Å². The first kappa shape index (κ1) is 13.8. The maximum atomic E-state index is 6.10. The van der Waals surface area contributed by atoms with Crippen LogP contribution in [0.3, 0.4) is 0 Å². The highest BCUT2D eigenvalue weighted by Crippen LogP contribution is 2.11. The second-order valence-corrected chi connectivity index (χ2v) is 5.29. The van der Waals surface area contributed by atoms with Crippen LogP contribution in [-0.4, -0.2) is 59.9 Å². The van der Waals surface area contributed by atoms with E-state index in [0.717, 1.165) is 45.0 Å². The molecule has 18 heavy (non-hydrogen) atoms. The predicted octanol–water partition coefficient (Wildman–Crippen LogP) is 0.307. The van der Waals surface area contributed by atoms with E-state index in [1.54, 1.807) is 11.8 Å². The first-order chi connectivity index (χ1) is 8.79.